The minimum absolute atomic E-state index is 0.00795. The van der Waals surface area contributed by atoms with E-state index in [1.807, 2.05) is 56.4 Å². The van der Waals surface area contributed by atoms with Gasteiger partial charge in [0.25, 0.3) is 5.91 Å². The summed E-state index contributed by atoms with van der Waals surface area (Å²) in [6.07, 6.45) is 1.86. The minimum atomic E-state index is -0.234. The van der Waals surface area contributed by atoms with Gasteiger partial charge < -0.3 is 20.9 Å². The topological polar surface area (TPSA) is 127 Å². The summed E-state index contributed by atoms with van der Waals surface area (Å²) in [4.78, 5) is 39.7. The van der Waals surface area contributed by atoms with E-state index in [1.54, 1.807) is 27.1 Å². The van der Waals surface area contributed by atoms with Gasteiger partial charge in [-0.25, -0.2) is 4.79 Å². The van der Waals surface area contributed by atoms with E-state index in [0.717, 1.165) is 22.2 Å². The summed E-state index contributed by atoms with van der Waals surface area (Å²) in [5, 5.41) is 4.18. The standard InChI is InChI=1S/C25H24N8O2/c1-13(2)32-22-20(33(25(32)35)17-5-7-19-14(11-17)8-9-27-19)21(26)29-24(30-22)28-16-4-6-18-15(10-16)12-31(3)23(18)34/h4-11,13,27H,12H2,1-3H3,(H3,26,28,29,30). The molecule has 1 aliphatic heterocycles. The van der Waals surface area contributed by atoms with Gasteiger partial charge >= 0.3 is 5.69 Å². The van der Waals surface area contributed by atoms with Crippen molar-refractivity contribution in [2.75, 3.05) is 18.1 Å². The number of nitrogens with two attached hydrogens (primary N) is 1. The number of anilines is 3. The zero-order valence-electron chi connectivity index (χ0n) is 19.5. The molecule has 6 rings (SSSR count). The Labute approximate surface area is 200 Å². The highest BCUT2D eigenvalue weighted by atomic mass is 16.2. The number of hydrogen-bond acceptors (Lipinski definition) is 6. The Kier molecular flexibility index (Phi) is 4.47. The van der Waals surface area contributed by atoms with Gasteiger partial charge in [0.2, 0.25) is 5.95 Å². The molecule has 35 heavy (non-hydrogen) atoms. The summed E-state index contributed by atoms with van der Waals surface area (Å²) >= 11 is 0. The van der Waals surface area contributed by atoms with Gasteiger partial charge in [0.05, 0.1) is 5.69 Å². The lowest BCUT2D eigenvalue weighted by atomic mass is 10.1. The van der Waals surface area contributed by atoms with Crippen molar-refractivity contribution in [1.29, 1.82) is 0 Å². The van der Waals surface area contributed by atoms with Gasteiger partial charge in [-0.2, -0.15) is 9.97 Å². The molecule has 0 aliphatic carbocycles. The van der Waals surface area contributed by atoms with E-state index in [1.165, 1.54) is 0 Å². The SMILES string of the molecule is CC(C)n1c(=O)n(-c2ccc3[nH]ccc3c2)c2c(N)nc(Nc3ccc4c(c3)CN(C)C4=O)nc21. The Morgan fingerprint density at radius 2 is 1.91 bits per heavy atom. The zero-order valence-corrected chi connectivity index (χ0v) is 19.5. The molecule has 10 heteroatoms. The summed E-state index contributed by atoms with van der Waals surface area (Å²) in [7, 11) is 1.77. The maximum atomic E-state index is 13.6. The zero-order chi connectivity index (χ0) is 24.4. The van der Waals surface area contributed by atoms with Gasteiger partial charge in [0, 0.05) is 48.0 Å². The number of fused-ring (bicyclic) bond motifs is 3. The summed E-state index contributed by atoms with van der Waals surface area (Å²) in [5.74, 6) is 0.480. The fourth-order valence-corrected chi connectivity index (χ4v) is 4.75. The van der Waals surface area contributed by atoms with Crippen LogP contribution in [0.4, 0.5) is 17.5 Å². The fourth-order valence-electron chi connectivity index (χ4n) is 4.75. The highest BCUT2D eigenvalue weighted by molar-refractivity contribution is 5.98. The van der Waals surface area contributed by atoms with E-state index in [0.29, 0.717) is 29.0 Å². The van der Waals surface area contributed by atoms with Crippen LogP contribution in [-0.4, -0.2) is 41.9 Å². The minimum Gasteiger partial charge on any atom is -0.382 e. The van der Waals surface area contributed by atoms with E-state index in [2.05, 4.69) is 15.3 Å². The molecule has 0 atom stereocenters. The Morgan fingerprint density at radius 3 is 2.71 bits per heavy atom. The van der Waals surface area contributed by atoms with E-state index in [4.69, 9.17) is 10.7 Å². The van der Waals surface area contributed by atoms with Crippen molar-refractivity contribution >= 4 is 45.4 Å². The number of rotatable bonds is 4. The van der Waals surface area contributed by atoms with Crippen molar-refractivity contribution in [1.82, 2.24) is 29.0 Å². The molecule has 10 nitrogen and oxygen atoms in total. The van der Waals surface area contributed by atoms with Gasteiger partial charge in [-0.1, -0.05) is 0 Å². The van der Waals surface area contributed by atoms with E-state index in [9.17, 15) is 9.59 Å². The van der Waals surface area contributed by atoms with Crippen molar-refractivity contribution in [2.45, 2.75) is 26.4 Å². The first-order chi connectivity index (χ1) is 16.8. The molecule has 176 valence electrons. The maximum absolute atomic E-state index is 13.6. The predicted molar refractivity (Wildman–Crippen MR) is 135 cm³/mol. The molecular formula is C25H24N8O2. The third-order valence-electron chi connectivity index (χ3n) is 6.40. The lowest BCUT2D eigenvalue weighted by molar-refractivity contribution is 0.0816. The van der Waals surface area contributed by atoms with Gasteiger partial charge in [-0.15, -0.1) is 0 Å². The Balaban J connectivity index is 1.48. The number of aromatic nitrogens is 5. The molecular weight excluding hydrogens is 444 g/mol. The fraction of sp³-hybridized carbons (Fsp3) is 0.200. The smallest absolute Gasteiger partial charge is 0.335 e. The summed E-state index contributed by atoms with van der Waals surface area (Å²) < 4.78 is 3.19. The van der Waals surface area contributed by atoms with Crippen molar-refractivity contribution < 1.29 is 4.79 Å². The van der Waals surface area contributed by atoms with E-state index in [-0.39, 0.29) is 29.4 Å². The second-order valence-corrected chi connectivity index (χ2v) is 9.09. The van der Waals surface area contributed by atoms with Crippen LogP contribution in [-0.2, 0) is 6.54 Å². The van der Waals surface area contributed by atoms with Gasteiger partial charge in [-0.05, 0) is 61.9 Å². The van der Waals surface area contributed by atoms with Crippen LogP contribution in [0.3, 0.4) is 0 Å². The van der Waals surface area contributed by atoms with Crippen LogP contribution in [0.25, 0.3) is 27.8 Å². The highest BCUT2D eigenvalue weighted by Gasteiger charge is 2.25. The molecule has 0 saturated carbocycles. The number of amides is 1. The number of nitrogens with one attached hydrogen (secondary N) is 2. The van der Waals surface area contributed by atoms with Gasteiger partial charge in [0.15, 0.2) is 11.5 Å². The molecule has 0 fully saturated rings. The second-order valence-electron chi connectivity index (χ2n) is 9.09. The average Bonchev–Trinajstić information content (AvgIpc) is 3.47. The Hall–Kier alpha value is -4.60. The van der Waals surface area contributed by atoms with Crippen molar-refractivity contribution in [3.05, 3.63) is 70.3 Å². The van der Waals surface area contributed by atoms with Gasteiger partial charge in [-0.3, -0.25) is 13.9 Å². The molecule has 0 spiro atoms. The Bertz CT molecular complexity index is 1710. The third-order valence-corrected chi connectivity index (χ3v) is 6.40. The van der Waals surface area contributed by atoms with Crippen LogP contribution >= 0.6 is 0 Å². The molecule has 0 unspecified atom stereocenters. The highest BCUT2D eigenvalue weighted by Crippen LogP contribution is 2.29. The first kappa shape index (κ1) is 21.0. The molecule has 3 aromatic heterocycles. The number of aromatic amines is 1. The molecule has 0 radical (unpaired) electrons. The molecule has 1 aliphatic rings. The van der Waals surface area contributed by atoms with Crippen LogP contribution < -0.4 is 16.7 Å². The molecule has 4 heterocycles. The predicted octanol–water partition coefficient (Wildman–Crippen LogP) is 3.56. The Morgan fingerprint density at radius 1 is 1.09 bits per heavy atom. The lowest BCUT2D eigenvalue weighted by Gasteiger charge is -2.10. The molecule has 0 bridgehead atoms. The summed E-state index contributed by atoms with van der Waals surface area (Å²) in [6, 6.07) is 13.1. The van der Waals surface area contributed by atoms with Crippen LogP contribution in [0.5, 0.6) is 0 Å². The van der Waals surface area contributed by atoms with Crippen LogP contribution in [0.15, 0.2) is 53.5 Å². The molecule has 1 amide bonds. The largest absolute Gasteiger partial charge is 0.382 e. The van der Waals surface area contributed by atoms with Crippen molar-refractivity contribution in [3.63, 3.8) is 0 Å². The number of nitrogen functional groups attached to an aromatic ring is 1. The quantitative estimate of drug-likeness (QED) is 0.370. The number of carbonyl (C=O) groups is 1. The van der Waals surface area contributed by atoms with Crippen LogP contribution in [0, 0.1) is 0 Å². The second kappa shape index (κ2) is 7.45. The molecule has 2 aromatic carbocycles. The molecule has 0 saturated heterocycles. The van der Waals surface area contributed by atoms with Crippen LogP contribution in [0.2, 0.25) is 0 Å². The normalized spacial score (nSPS) is 13.4. The number of benzene rings is 2. The number of nitrogens with zero attached hydrogens (tertiary/aromatic N) is 5. The van der Waals surface area contributed by atoms with Crippen molar-refractivity contribution in [2.24, 2.45) is 0 Å². The molecule has 4 N–H and O–H groups in total. The number of H-pyrrole nitrogens is 1. The van der Waals surface area contributed by atoms with E-state index < -0.39 is 0 Å². The lowest BCUT2D eigenvalue weighted by Crippen LogP contribution is -2.24. The number of carbonyl (C=O) groups excluding carboxylic acids is 1. The van der Waals surface area contributed by atoms with E-state index >= 15 is 0 Å². The van der Waals surface area contributed by atoms with Crippen molar-refractivity contribution in [3.8, 4) is 5.69 Å². The monoisotopic (exact) mass is 468 g/mol. The first-order valence-electron chi connectivity index (χ1n) is 11.3. The summed E-state index contributed by atoms with van der Waals surface area (Å²) in [6.45, 7) is 4.41. The van der Waals surface area contributed by atoms with Gasteiger partial charge in [0.1, 0.15) is 5.52 Å². The molecule has 5 aromatic rings. The van der Waals surface area contributed by atoms with Crippen LogP contribution in [0.1, 0.15) is 35.8 Å². The number of imidazole rings is 1. The average molecular weight is 469 g/mol. The number of hydrogen-bond donors (Lipinski definition) is 3. The third kappa shape index (κ3) is 3.17. The maximum Gasteiger partial charge on any atom is 0.335 e. The summed E-state index contributed by atoms with van der Waals surface area (Å²) in [5.41, 5.74) is 11.1. The first-order valence-corrected chi connectivity index (χ1v) is 11.3.